The summed E-state index contributed by atoms with van der Waals surface area (Å²) in [6.45, 7) is 1.91. The van der Waals surface area contributed by atoms with E-state index in [1.807, 2.05) is 19.1 Å². The van der Waals surface area contributed by atoms with Crippen LogP contribution in [0, 0.1) is 6.92 Å². The maximum atomic E-state index is 12.2. The van der Waals surface area contributed by atoms with Gasteiger partial charge in [0.2, 0.25) is 0 Å². The summed E-state index contributed by atoms with van der Waals surface area (Å²) >= 11 is 6.63. The number of rotatable bonds is 3. The predicted octanol–water partition coefficient (Wildman–Crippen LogP) is 4.18. The Kier molecular flexibility index (Phi) is 4.77. The van der Waals surface area contributed by atoms with E-state index in [0.29, 0.717) is 21.6 Å². The average molecular weight is 400 g/mol. The fraction of sp³-hybridized carbons (Fsp3) is 0.143. The molecule has 6 heteroatoms. The van der Waals surface area contributed by atoms with Crippen molar-refractivity contribution in [3.05, 3.63) is 50.7 Å². The van der Waals surface area contributed by atoms with Gasteiger partial charge in [0.1, 0.15) is 10.4 Å². The lowest BCUT2D eigenvalue weighted by Crippen LogP contribution is -2.14. The first-order valence-electron chi connectivity index (χ1n) is 5.78. The number of methoxy groups -OCH3 is 1. The molecule has 1 aromatic heterocycles. The van der Waals surface area contributed by atoms with Crippen molar-refractivity contribution in [3.63, 3.8) is 0 Å². The van der Waals surface area contributed by atoms with E-state index in [9.17, 15) is 4.79 Å². The number of pyridine rings is 1. The van der Waals surface area contributed by atoms with Gasteiger partial charge in [-0.2, -0.15) is 0 Å². The molecule has 2 aromatic rings. The summed E-state index contributed by atoms with van der Waals surface area (Å²) in [7, 11) is 1.57. The summed E-state index contributed by atoms with van der Waals surface area (Å²) in [6, 6.07) is 7.15. The quantitative estimate of drug-likeness (QED) is 0.787. The van der Waals surface area contributed by atoms with E-state index >= 15 is 0 Å². The highest BCUT2D eigenvalue weighted by Gasteiger charge is 2.13. The van der Waals surface area contributed by atoms with E-state index in [4.69, 9.17) is 4.74 Å². The highest BCUT2D eigenvalue weighted by Crippen LogP contribution is 2.32. The van der Waals surface area contributed by atoms with Gasteiger partial charge in [-0.1, -0.05) is 15.9 Å². The molecule has 1 heterocycles. The Morgan fingerprint density at radius 1 is 1.30 bits per heavy atom. The Morgan fingerprint density at radius 3 is 2.65 bits per heavy atom. The molecular weight excluding hydrogens is 388 g/mol. The first-order chi connectivity index (χ1) is 9.51. The van der Waals surface area contributed by atoms with Crippen LogP contribution in [0.5, 0.6) is 5.75 Å². The van der Waals surface area contributed by atoms with Crippen LogP contribution in [0.25, 0.3) is 0 Å². The maximum Gasteiger partial charge on any atom is 0.257 e. The number of carbonyl (C=O) groups excluding carboxylic acids is 1. The van der Waals surface area contributed by atoms with Gasteiger partial charge in [0, 0.05) is 10.7 Å². The second-order valence-electron chi connectivity index (χ2n) is 4.12. The third-order valence-corrected chi connectivity index (χ3v) is 3.64. The third-order valence-electron chi connectivity index (χ3n) is 2.71. The van der Waals surface area contributed by atoms with Crippen molar-refractivity contribution in [2.24, 2.45) is 0 Å². The lowest BCUT2D eigenvalue weighted by molar-refractivity contribution is 0.102. The molecule has 0 radical (unpaired) electrons. The fourth-order valence-electron chi connectivity index (χ4n) is 1.73. The Hall–Kier alpha value is -1.40. The van der Waals surface area contributed by atoms with E-state index < -0.39 is 0 Å². The SMILES string of the molecule is COc1cc(Br)cc(C)c1NC(=O)c1ccc(Br)nc1. The largest absolute Gasteiger partial charge is 0.495 e. The lowest BCUT2D eigenvalue weighted by atomic mass is 10.1. The van der Waals surface area contributed by atoms with Crippen LogP contribution in [-0.2, 0) is 0 Å². The van der Waals surface area contributed by atoms with Gasteiger partial charge in [-0.05, 0) is 52.7 Å². The Balaban J connectivity index is 2.30. The molecule has 0 spiro atoms. The molecule has 0 fully saturated rings. The van der Waals surface area contributed by atoms with E-state index in [2.05, 4.69) is 42.2 Å². The number of nitrogens with zero attached hydrogens (tertiary/aromatic N) is 1. The van der Waals surface area contributed by atoms with Gasteiger partial charge in [-0.15, -0.1) is 0 Å². The molecule has 1 N–H and O–H groups in total. The highest BCUT2D eigenvalue weighted by atomic mass is 79.9. The summed E-state index contributed by atoms with van der Waals surface area (Å²) < 4.78 is 6.88. The molecule has 0 unspecified atom stereocenters. The van der Waals surface area contributed by atoms with Crippen molar-refractivity contribution in [2.75, 3.05) is 12.4 Å². The van der Waals surface area contributed by atoms with Crippen LogP contribution in [0.3, 0.4) is 0 Å². The van der Waals surface area contributed by atoms with Crippen LogP contribution in [0.4, 0.5) is 5.69 Å². The summed E-state index contributed by atoms with van der Waals surface area (Å²) in [5.41, 5.74) is 2.05. The number of anilines is 1. The molecule has 1 aromatic carbocycles. The van der Waals surface area contributed by atoms with Crippen LogP contribution < -0.4 is 10.1 Å². The van der Waals surface area contributed by atoms with E-state index in [0.717, 1.165) is 10.0 Å². The molecule has 0 saturated heterocycles. The molecular formula is C14H12Br2N2O2. The van der Waals surface area contributed by atoms with Gasteiger partial charge in [-0.3, -0.25) is 4.79 Å². The summed E-state index contributed by atoms with van der Waals surface area (Å²) in [6.07, 6.45) is 1.51. The molecule has 4 nitrogen and oxygen atoms in total. The van der Waals surface area contributed by atoms with Crippen molar-refractivity contribution in [2.45, 2.75) is 6.92 Å². The standard InChI is InChI=1S/C14H12Br2N2O2/c1-8-5-10(15)6-11(20-2)13(8)18-14(19)9-3-4-12(16)17-7-9/h3-7H,1-2H3,(H,18,19). The van der Waals surface area contributed by atoms with Crippen molar-refractivity contribution < 1.29 is 9.53 Å². The smallest absolute Gasteiger partial charge is 0.257 e. The molecule has 0 aliphatic rings. The van der Waals surface area contributed by atoms with Crippen molar-refractivity contribution in [3.8, 4) is 5.75 Å². The molecule has 0 aliphatic heterocycles. The molecule has 0 saturated carbocycles. The minimum Gasteiger partial charge on any atom is -0.495 e. The van der Waals surface area contributed by atoms with Crippen LogP contribution in [-0.4, -0.2) is 18.0 Å². The fourth-order valence-corrected chi connectivity index (χ4v) is 2.52. The van der Waals surface area contributed by atoms with Gasteiger partial charge in [0.25, 0.3) is 5.91 Å². The molecule has 0 aliphatic carbocycles. The van der Waals surface area contributed by atoms with E-state index in [-0.39, 0.29) is 5.91 Å². The number of benzene rings is 1. The number of ether oxygens (including phenoxy) is 1. The van der Waals surface area contributed by atoms with Gasteiger partial charge < -0.3 is 10.1 Å². The van der Waals surface area contributed by atoms with Crippen LogP contribution in [0.15, 0.2) is 39.5 Å². The van der Waals surface area contributed by atoms with Crippen molar-refractivity contribution in [1.29, 1.82) is 0 Å². The molecule has 2 rings (SSSR count). The first kappa shape index (κ1) is 15.0. The first-order valence-corrected chi connectivity index (χ1v) is 7.37. The second-order valence-corrected chi connectivity index (χ2v) is 5.85. The van der Waals surface area contributed by atoms with E-state index in [1.165, 1.54) is 6.20 Å². The number of halogens is 2. The molecule has 20 heavy (non-hydrogen) atoms. The number of aromatic nitrogens is 1. The Morgan fingerprint density at radius 2 is 2.05 bits per heavy atom. The summed E-state index contributed by atoms with van der Waals surface area (Å²) in [5.74, 6) is 0.379. The van der Waals surface area contributed by atoms with Crippen molar-refractivity contribution in [1.82, 2.24) is 4.98 Å². The highest BCUT2D eigenvalue weighted by molar-refractivity contribution is 9.10. The molecule has 0 atom stereocenters. The number of aryl methyl sites for hydroxylation is 1. The number of nitrogens with one attached hydrogen (secondary N) is 1. The van der Waals surface area contributed by atoms with Gasteiger partial charge in [0.15, 0.2) is 0 Å². The average Bonchev–Trinajstić information content (AvgIpc) is 2.42. The third kappa shape index (κ3) is 3.37. The van der Waals surface area contributed by atoms with Crippen molar-refractivity contribution >= 4 is 43.5 Å². The topological polar surface area (TPSA) is 51.2 Å². The van der Waals surface area contributed by atoms with Crippen LogP contribution in [0.2, 0.25) is 0 Å². The number of carbonyl (C=O) groups is 1. The molecule has 0 bridgehead atoms. The monoisotopic (exact) mass is 398 g/mol. The van der Waals surface area contributed by atoms with Gasteiger partial charge >= 0.3 is 0 Å². The van der Waals surface area contributed by atoms with Gasteiger partial charge in [-0.25, -0.2) is 4.98 Å². The minimum absolute atomic E-state index is 0.228. The second kappa shape index (κ2) is 6.37. The van der Waals surface area contributed by atoms with Crippen LogP contribution >= 0.6 is 31.9 Å². The number of amides is 1. The minimum atomic E-state index is -0.228. The zero-order valence-electron chi connectivity index (χ0n) is 10.9. The Bertz CT molecular complexity index is 642. The normalized spacial score (nSPS) is 10.2. The zero-order chi connectivity index (χ0) is 14.7. The lowest BCUT2D eigenvalue weighted by Gasteiger charge is -2.13. The summed E-state index contributed by atoms with van der Waals surface area (Å²) in [5, 5.41) is 2.85. The zero-order valence-corrected chi connectivity index (χ0v) is 14.1. The maximum absolute atomic E-state index is 12.2. The number of hydrogen-bond donors (Lipinski definition) is 1. The van der Waals surface area contributed by atoms with Gasteiger partial charge in [0.05, 0.1) is 18.4 Å². The Labute approximate surface area is 133 Å². The molecule has 104 valence electrons. The molecule has 1 amide bonds. The summed E-state index contributed by atoms with van der Waals surface area (Å²) in [4.78, 5) is 16.2. The van der Waals surface area contributed by atoms with E-state index in [1.54, 1.807) is 19.2 Å². The number of hydrogen-bond acceptors (Lipinski definition) is 3. The van der Waals surface area contributed by atoms with Crippen LogP contribution in [0.1, 0.15) is 15.9 Å². The predicted molar refractivity (Wildman–Crippen MR) is 85.3 cm³/mol.